The molecule has 4 heteroatoms. The van der Waals surface area contributed by atoms with Crippen molar-refractivity contribution in [3.63, 3.8) is 0 Å². The number of nitrogens with one attached hydrogen (secondary N) is 1. The van der Waals surface area contributed by atoms with Crippen LogP contribution in [0.15, 0.2) is 0 Å². The van der Waals surface area contributed by atoms with E-state index in [1.807, 2.05) is 18.7 Å². The van der Waals surface area contributed by atoms with Gasteiger partial charge in [0.05, 0.1) is 6.54 Å². The van der Waals surface area contributed by atoms with Crippen molar-refractivity contribution >= 4 is 11.8 Å². The Kier molecular flexibility index (Phi) is 2.83. The summed E-state index contributed by atoms with van der Waals surface area (Å²) in [5.41, 5.74) is 0. The molecule has 1 heterocycles. The molecule has 0 aromatic carbocycles. The molecule has 0 spiro atoms. The van der Waals surface area contributed by atoms with Crippen LogP contribution in [0.25, 0.3) is 0 Å². The highest BCUT2D eigenvalue weighted by Crippen LogP contribution is 2.48. The molecule has 3 aliphatic rings. The first-order chi connectivity index (χ1) is 8.59. The van der Waals surface area contributed by atoms with Gasteiger partial charge in [-0.3, -0.25) is 9.59 Å². The lowest BCUT2D eigenvalue weighted by Crippen LogP contribution is -2.64. The van der Waals surface area contributed by atoms with E-state index in [4.69, 9.17) is 0 Å². The maximum Gasteiger partial charge on any atom is 0.243 e. The minimum atomic E-state index is -0.252. The zero-order valence-electron chi connectivity index (χ0n) is 11.2. The molecule has 1 atom stereocenters. The first-order valence-electron chi connectivity index (χ1n) is 7.18. The van der Waals surface area contributed by atoms with Crippen LogP contribution in [0, 0.1) is 17.8 Å². The molecule has 1 aliphatic heterocycles. The molecular weight excluding hydrogens is 228 g/mol. The summed E-state index contributed by atoms with van der Waals surface area (Å²) in [4.78, 5) is 26.3. The maximum absolute atomic E-state index is 12.3. The van der Waals surface area contributed by atoms with Crippen LogP contribution < -0.4 is 5.32 Å². The summed E-state index contributed by atoms with van der Waals surface area (Å²) in [5.74, 6) is 1.67. The number of rotatable bonds is 4. The van der Waals surface area contributed by atoms with Gasteiger partial charge in [0.15, 0.2) is 0 Å². The molecule has 4 nitrogen and oxygen atoms in total. The highest BCUT2D eigenvalue weighted by atomic mass is 16.2. The van der Waals surface area contributed by atoms with Crippen molar-refractivity contribution in [1.82, 2.24) is 10.2 Å². The zero-order chi connectivity index (χ0) is 12.9. The van der Waals surface area contributed by atoms with Gasteiger partial charge in [0.25, 0.3) is 0 Å². The van der Waals surface area contributed by atoms with E-state index < -0.39 is 0 Å². The standard InChI is InChI=1S/C14H22N2O2/c1-8(2)12-14(18)15-7-11(17)16(12)13(9-3-4-9)10-5-6-10/h8-10,12-13H,3-7H2,1-2H3,(H,15,18). The van der Waals surface area contributed by atoms with E-state index in [1.54, 1.807) is 0 Å². The van der Waals surface area contributed by atoms with Crippen LogP contribution in [0.2, 0.25) is 0 Å². The fourth-order valence-corrected chi connectivity index (χ4v) is 3.33. The van der Waals surface area contributed by atoms with Gasteiger partial charge in [0.1, 0.15) is 6.04 Å². The summed E-state index contributed by atoms with van der Waals surface area (Å²) >= 11 is 0. The fourth-order valence-electron chi connectivity index (χ4n) is 3.33. The number of carbonyl (C=O) groups is 2. The second kappa shape index (κ2) is 4.25. The molecular formula is C14H22N2O2. The summed E-state index contributed by atoms with van der Waals surface area (Å²) in [6.45, 7) is 4.26. The second-order valence-electron chi connectivity index (χ2n) is 6.37. The van der Waals surface area contributed by atoms with E-state index in [1.165, 1.54) is 25.7 Å². The summed E-state index contributed by atoms with van der Waals surface area (Å²) in [5, 5.41) is 2.74. The molecule has 1 N–H and O–H groups in total. The lowest BCUT2D eigenvalue weighted by atomic mass is 9.94. The van der Waals surface area contributed by atoms with E-state index in [-0.39, 0.29) is 30.3 Å². The molecule has 2 aliphatic carbocycles. The third kappa shape index (κ3) is 2.02. The number of hydrogen-bond donors (Lipinski definition) is 1. The first kappa shape index (κ1) is 12.0. The average Bonchev–Trinajstić information content (AvgIpc) is 3.15. The molecule has 3 rings (SSSR count). The third-order valence-electron chi connectivity index (χ3n) is 4.43. The number of amides is 2. The van der Waals surface area contributed by atoms with Gasteiger partial charge in [-0.15, -0.1) is 0 Å². The largest absolute Gasteiger partial charge is 0.345 e. The van der Waals surface area contributed by atoms with Crippen LogP contribution in [0.3, 0.4) is 0 Å². The van der Waals surface area contributed by atoms with Crippen molar-refractivity contribution in [3.05, 3.63) is 0 Å². The van der Waals surface area contributed by atoms with Crippen LogP contribution in [0.1, 0.15) is 39.5 Å². The number of piperazine rings is 1. The Labute approximate surface area is 108 Å². The lowest BCUT2D eigenvalue weighted by Gasteiger charge is -2.42. The molecule has 0 bridgehead atoms. The van der Waals surface area contributed by atoms with Gasteiger partial charge in [0.2, 0.25) is 11.8 Å². The van der Waals surface area contributed by atoms with E-state index in [2.05, 4.69) is 5.32 Å². The quantitative estimate of drug-likeness (QED) is 0.814. The Bertz CT molecular complexity index is 360. The minimum Gasteiger partial charge on any atom is -0.345 e. The Morgan fingerprint density at radius 2 is 1.67 bits per heavy atom. The van der Waals surface area contributed by atoms with Gasteiger partial charge in [0, 0.05) is 6.04 Å². The van der Waals surface area contributed by atoms with Gasteiger partial charge >= 0.3 is 0 Å². The second-order valence-corrected chi connectivity index (χ2v) is 6.37. The molecule has 1 unspecified atom stereocenters. The number of carbonyl (C=O) groups excluding carboxylic acids is 2. The SMILES string of the molecule is CC(C)C1C(=O)NCC(=O)N1C(C1CC1)C1CC1. The summed E-state index contributed by atoms with van der Waals surface area (Å²) in [7, 11) is 0. The number of hydrogen-bond acceptors (Lipinski definition) is 2. The topological polar surface area (TPSA) is 49.4 Å². The molecule has 3 fully saturated rings. The summed E-state index contributed by atoms with van der Waals surface area (Å²) in [6, 6.07) is 0.0911. The average molecular weight is 250 g/mol. The molecule has 0 aromatic heterocycles. The third-order valence-corrected chi connectivity index (χ3v) is 4.43. The van der Waals surface area contributed by atoms with Crippen molar-refractivity contribution in [1.29, 1.82) is 0 Å². The van der Waals surface area contributed by atoms with Crippen molar-refractivity contribution in [2.24, 2.45) is 17.8 Å². The number of nitrogens with zero attached hydrogens (tertiary/aromatic N) is 1. The van der Waals surface area contributed by atoms with Gasteiger partial charge in [-0.2, -0.15) is 0 Å². The first-order valence-corrected chi connectivity index (χ1v) is 7.18. The van der Waals surface area contributed by atoms with E-state index in [0.717, 1.165) is 0 Å². The Balaban J connectivity index is 1.88. The molecule has 1 saturated heterocycles. The van der Waals surface area contributed by atoms with E-state index >= 15 is 0 Å². The normalized spacial score (nSPS) is 29.1. The minimum absolute atomic E-state index is 0.0379. The molecule has 100 valence electrons. The molecule has 0 aromatic rings. The van der Waals surface area contributed by atoms with Crippen molar-refractivity contribution < 1.29 is 9.59 Å². The van der Waals surface area contributed by atoms with Crippen molar-refractivity contribution in [3.8, 4) is 0 Å². The molecule has 2 amide bonds. The van der Waals surface area contributed by atoms with Crippen molar-refractivity contribution in [2.45, 2.75) is 51.6 Å². The van der Waals surface area contributed by atoms with Crippen LogP contribution in [-0.2, 0) is 9.59 Å². The molecule has 18 heavy (non-hydrogen) atoms. The molecule has 0 radical (unpaired) electrons. The fraction of sp³-hybridized carbons (Fsp3) is 0.857. The highest BCUT2D eigenvalue weighted by Gasteiger charge is 2.51. The van der Waals surface area contributed by atoms with Crippen molar-refractivity contribution in [2.75, 3.05) is 6.54 Å². The van der Waals surface area contributed by atoms with E-state index in [9.17, 15) is 9.59 Å². The highest BCUT2D eigenvalue weighted by molar-refractivity contribution is 5.95. The van der Waals surface area contributed by atoms with E-state index in [0.29, 0.717) is 17.9 Å². The van der Waals surface area contributed by atoms with Crippen LogP contribution in [0.4, 0.5) is 0 Å². The smallest absolute Gasteiger partial charge is 0.243 e. The Morgan fingerprint density at radius 1 is 1.11 bits per heavy atom. The monoisotopic (exact) mass is 250 g/mol. The predicted octanol–water partition coefficient (Wildman–Crippen LogP) is 1.16. The molecule has 2 saturated carbocycles. The van der Waals surface area contributed by atoms with Gasteiger partial charge in [-0.05, 0) is 43.4 Å². The summed E-state index contributed by atoms with van der Waals surface area (Å²) < 4.78 is 0. The Morgan fingerprint density at radius 3 is 2.11 bits per heavy atom. The van der Waals surface area contributed by atoms with Crippen LogP contribution >= 0.6 is 0 Å². The van der Waals surface area contributed by atoms with Crippen LogP contribution in [0.5, 0.6) is 0 Å². The lowest BCUT2D eigenvalue weighted by molar-refractivity contribution is -0.151. The predicted molar refractivity (Wildman–Crippen MR) is 67.7 cm³/mol. The zero-order valence-corrected chi connectivity index (χ0v) is 11.2. The van der Waals surface area contributed by atoms with Gasteiger partial charge < -0.3 is 10.2 Å². The Hall–Kier alpha value is -1.06. The van der Waals surface area contributed by atoms with Gasteiger partial charge in [-0.1, -0.05) is 13.8 Å². The van der Waals surface area contributed by atoms with Gasteiger partial charge in [-0.25, -0.2) is 0 Å². The summed E-state index contributed by atoms with van der Waals surface area (Å²) in [6.07, 6.45) is 4.93. The maximum atomic E-state index is 12.3. The van der Waals surface area contributed by atoms with Crippen LogP contribution in [-0.4, -0.2) is 35.3 Å².